The Hall–Kier alpha value is -2.99. The lowest BCUT2D eigenvalue weighted by Gasteiger charge is -2.30. The van der Waals surface area contributed by atoms with Gasteiger partial charge in [0.1, 0.15) is 17.3 Å². The van der Waals surface area contributed by atoms with Gasteiger partial charge in [0.15, 0.2) is 0 Å². The van der Waals surface area contributed by atoms with Crippen LogP contribution in [0.1, 0.15) is 23.2 Å². The predicted octanol–water partition coefficient (Wildman–Crippen LogP) is 3.16. The number of benzene rings is 2. The molecule has 2 amide bonds. The number of anilines is 1. The number of halogens is 4. The molecule has 1 saturated heterocycles. The van der Waals surface area contributed by atoms with Crippen LogP contribution >= 0.6 is 0 Å². The van der Waals surface area contributed by atoms with Crippen molar-refractivity contribution in [2.75, 3.05) is 25.0 Å². The monoisotopic (exact) mass is 487 g/mol. The van der Waals surface area contributed by atoms with E-state index in [4.69, 9.17) is 0 Å². The summed E-state index contributed by atoms with van der Waals surface area (Å²) in [5, 5.41) is 4.30. The number of piperidine rings is 1. The van der Waals surface area contributed by atoms with Gasteiger partial charge in [-0.2, -0.15) is 17.5 Å². The van der Waals surface area contributed by atoms with Gasteiger partial charge in [0.2, 0.25) is 15.9 Å². The lowest BCUT2D eigenvalue weighted by atomic mass is 9.97. The van der Waals surface area contributed by atoms with E-state index in [9.17, 15) is 35.6 Å². The van der Waals surface area contributed by atoms with Crippen molar-refractivity contribution < 1.29 is 35.6 Å². The molecular weight excluding hydrogens is 466 g/mol. The van der Waals surface area contributed by atoms with Crippen LogP contribution in [0.5, 0.6) is 0 Å². The Morgan fingerprint density at radius 1 is 1.00 bits per heavy atom. The number of sulfonamides is 1. The Morgan fingerprint density at radius 2 is 1.61 bits per heavy atom. The number of amides is 2. The molecule has 0 aliphatic carbocycles. The molecule has 12 heteroatoms. The molecule has 0 atom stereocenters. The summed E-state index contributed by atoms with van der Waals surface area (Å²) in [4.78, 5) is 24.4. The summed E-state index contributed by atoms with van der Waals surface area (Å²) in [6, 6.07) is 10.7. The van der Waals surface area contributed by atoms with E-state index in [2.05, 4.69) is 5.32 Å². The molecule has 0 unspecified atom stereocenters. The van der Waals surface area contributed by atoms with Crippen molar-refractivity contribution in [3.05, 3.63) is 59.9 Å². The smallest absolute Gasteiger partial charge is 0.343 e. The summed E-state index contributed by atoms with van der Waals surface area (Å²) in [7, 11) is -4.06. The van der Waals surface area contributed by atoms with Gasteiger partial charge in [0.25, 0.3) is 5.91 Å². The standard InChI is InChI=1S/C21H21F4N3O4S/c22-16-6-2-4-8-18(16)33(31,32)28-11-9-14(10-12-28)19(29)27-17-7-3-1-5-15(17)20(30)26-13-21(23,24)25/h1-8,14H,9-13H2,(H,26,30)(H,27,29). The van der Waals surface area contributed by atoms with Crippen molar-refractivity contribution in [2.45, 2.75) is 23.9 Å². The molecule has 33 heavy (non-hydrogen) atoms. The second-order valence-electron chi connectivity index (χ2n) is 7.44. The minimum absolute atomic E-state index is 0.0114. The number of carbonyl (C=O) groups is 2. The van der Waals surface area contributed by atoms with Crippen LogP contribution < -0.4 is 10.6 Å². The molecule has 2 N–H and O–H groups in total. The molecule has 0 spiro atoms. The molecule has 0 saturated carbocycles. The second kappa shape index (κ2) is 9.87. The van der Waals surface area contributed by atoms with E-state index >= 15 is 0 Å². The van der Waals surface area contributed by atoms with Crippen LogP contribution in [-0.2, 0) is 14.8 Å². The van der Waals surface area contributed by atoms with Gasteiger partial charge in [-0.1, -0.05) is 24.3 Å². The first-order chi connectivity index (χ1) is 15.5. The molecule has 0 radical (unpaired) electrons. The Morgan fingerprint density at radius 3 is 2.24 bits per heavy atom. The number of alkyl halides is 3. The fraction of sp³-hybridized carbons (Fsp3) is 0.333. The fourth-order valence-corrected chi connectivity index (χ4v) is 4.99. The molecule has 1 aliphatic heterocycles. The highest BCUT2D eigenvalue weighted by Gasteiger charge is 2.34. The van der Waals surface area contributed by atoms with E-state index in [1.54, 1.807) is 5.32 Å². The van der Waals surface area contributed by atoms with Gasteiger partial charge < -0.3 is 10.6 Å². The molecule has 1 heterocycles. The average molecular weight is 487 g/mol. The van der Waals surface area contributed by atoms with Crippen molar-refractivity contribution in [3.63, 3.8) is 0 Å². The van der Waals surface area contributed by atoms with Gasteiger partial charge in [0.05, 0.1) is 11.3 Å². The maximum Gasteiger partial charge on any atom is 0.405 e. The largest absolute Gasteiger partial charge is 0.405 e. The summed E-state index contributed by atoms with van der Waals surface area (Å²) >= 11 is 0. The zero-order chi connectivity index (χ0) is 24.2. The summed E-state index contributed by atoms with van der Waals surface area (Å²) < 4.78 is 77.6. The number of carbonyl (C=O) groups excluding carboxylic acids is 2. The van der Waals surface area contributed by atoms with Gasteiger partial charge in [-0.25, -0.2) is 12.8 Å². The maximum absolute atomic E-state index is 13.9. The van der Waals surface area contributed by atoms with E-state index in [-0.39, 0.29) is 37.2 Å². The third-order valence-corrected chi connectivity index (χ3v) is 7.09. The summed E-state index contributed by atoms with van der Waals surface area (Å²) in [5.41, 5.74) is -0.0850. The van der Waals surface area contributed by atoms with E-state index in [0.717, 1.165) is 10.4 Å². The number of nitrogens with one attached hydrogen (secondary N) is 2. The maximum atomic E-state index is 13.9. The zero-order valence-corrected chi connectivity index (χ0v) is 18.0. The van der Waals surface area contributed by atoms with Crippen LogP contribution in [0, 0.1) is 11.7 Å². The highest BCUT2D eigenvalue weighted by Crippen LogP contribution is 2.27. The molecule has 1 fully saturated rings. The summed E-state index contributed by atoms with van der Waals surface area (Å²) in [6.45, 7) is -1.53. The SMILES string of the molecule is O=C(NCC(F)(F)F)c1ccccc1NC(=O)C1CCN(S(=O)(=O)c2ccccc2F)CC1. The van der Waals surface area contributed by atoms with Crippen molar-refractivity contribution in [1.29, 1.82) is 0 Å². The molecule has 1 aliphatic rings. The van der Waals surface area contributed by atoms with Crippen LogP contribution in [0.3, 0.4) is 0 Å². The zero-order valence-electron chi connectivity index (χ0n) is 17.2. The first-order valence-electron chi connectivity index (χ1n) is 9.98. The van der Waals surface area contributed by atoms with Crippen molar-refractivity contribution >= 4 is 27.5 Å². The third kappa shape index (κ3) is 6.08. The van der Waals surface area contributed by atoms with Crippen LogP contribution in [0.2, 0.25) is 0 Å². The molecule has 3 rings (SSSR count). The Bertz CT molecular complexity index is 1130. The normalized spacial score (nSPS) is 15.8. The number of hydrogen-bond acceptors (Lipinski definition) is 4. The van der Waals surface area contributed by atoms with Gasteiger partial charge >= 0.3 is 6.18 Å². The Kier molecular flexibility index (Phi) is 7.38. The third-order valence-electron chi connectivity index (χ3n) is 5.16. The lowest BCUT2D eigenvalue weighted by molar-refractivity contribution is -0.123. The van der Waals surface area contributed by atoms with E-state index in [1.807, 2.05) is 0 Å². The summed E-state index contributed by atoms with van der Waals surface area (Å²) in [6.07, 6.45) is -4.27. The van der Waals surface area contributed by atoms with Gasteiger partial charge in [0, 0.05) is 19.0 Å². The van der Waals surface area contributed by atoms with Crippen molar-refractivity contribution in [2.24, 2.45) is 5.92 Å². The molecule has 0 aromatic heterocycles. The first-order valence-corrected chi connectivity index (χ1v) is 11.4. The van der Waals surface area contributed by atoms with E-state index in [0.29, 0.717) is 0 Å². The van der Waals surface area contributed by atoms with E-state index < -0.39 is 51.2 Å². The van der Waals surface area contributed by atoms with Crippen LogP contribution in [0.4, 0.5) is 23.2 Å². The predicted molar refractivity (Wildman–Crippen MR) is 111 cm³/mol. The first kappa shape index (κ1) is 24.6. The molecule has 2 aromatic rings. The topological polar surface area (TPSA) is 95.6 Å². The number of rotatable bonds is 6. The molecule has 7 nitrogen and oxygen atoms in total. The van der Waals surface area contributed by atoms with Gasteiger partial charge in [-0.15, -0.1) is 0 Å². The molecule has 0 bridgehead atoms. The number of hydrogen-bond donors (Lipinski definition) is 2. The van der Waals surface area contributed by atoms with Crippen molar-refractivity contribution in [3.8, 4) is 0 Å². The molecular formula is C21H21F4N3O4S. The second-order valence-corrected chi connectivity index (χ2v) is 9.35. The fourth-order valence-electron chi connectivity index (χ4n) is 3.45. The molecule has 2 aromatic carbocycles. The summed E-state index contributed by atoms with van der Waals surface area (Å²) in [5.74, 6) is -2.94. The Labute approximate surface area is 187 Å². The van der Waals surface area contributed by atoms with Crippen molar-refractivity contribution in [1.82, 2.24) is 9.62 Å². The van der Waals surface area contributed by atoms with Crippen LogP contribution in [0.15, 0.2) is 53.4 Å². The Balaban J connectivity index is 1.63. The minimum Gasteiger partial charge on any atom is -0.343 e. The van der Waals surface area contributed by atoms with Crippen LogP contribution in [0.25, 0.3) is 0 Å². The minimum atomic E-state index is -4.58. The lowest BCUT2D eigenvalue weighted by Crippen LogP contribution is -2.41. The average Bonchev–Trinajstić information content (AvgIpc) is 2.77. The van der Waals surface area contributed by atoms with E-state index in [1.165, 1.54) is 42.5 Å². The molecule has 178 valence electrons. The quantitative estimate of drug-likeness (QED) is 0.612. The highest BCUT2D eigenvalue weighted by atomic mass is 32.2. The number of nitrogens with zero attached hydrogens (tertiary/aromatic N) is 1. The van der Waals surface area contributed by atoms with Crippen LogP contribution in [-0.4, -0.2) is 50.3 Å². The van der Waals surface area contributed by atoms with Gasteiger partial charge in [-0.05, 0) is 37.1 Å². The number of para-hydroxylation sites is 1. The highest BCUT2D eigenvalue weighted by molar-refractivity contribution is 7.89. The van der Waals surface area contributed by atoms with Gasteiger partial charge in [-0.3, -0.25) is 9.59 Å².